The van der Waals surface area contributed by atoms with Gasteiger partial charge in [0.25, 0.3) is 5.91 Å². The molecule has 2 fully saturated rings. The minimum atomic E-state index is -0.876. The molecule has 3 rings (SSSR count). The van der Waals surface area contributed by atoms with Crippen LogP contribution in [0.15, 0.2) is 24.3 Å². The van der Waals surface area contributed by atoms with Gasteiger partial charge in [0, 0.05) is 5.69 Å². The Labute approximate surface area is 173 Å². The maximum Gasteiger partial charge on any atom is 0.325 e. The van der Waals surface area contributed by atoms with Crippen molar-refractivity contribution < 1.29 is 14.4 Å². The highest BCUT2D eigenvalue weighted by Crippen LogP contribution is 2.46. The Kier molecular flexibility index (Phi) is 6.01. The summed E-state index contributed by atoms with van der Waals surface area (Å²) in [5, 5.41) is 5.71. The van der Waals surface area contributed by atoms with Crippen LogP contribution in [-0.2, 0) is 16.0 Å². The van der Waals surface area contributed by atoms with Crippen LogP contribution in [0.3, 0.4) is 0 Å². The molecule has 6 nitrogen and oxygen atoms in total. The van der Waals surface area contributed by atoms with E-state index in [1.165, 1.54) is 5.56 Å². The molecular formula is C23H33N3O3. The van der Waals surface area contributed by atoms with Crippen LogP contribution in [0.5, 0.6) is 0 Å². The highest BCUT2D eigenvalue weighted by atomic mass is 16.2. The molecule has 158 valence electrons. The molecule has 1 aliphatic heterocycles. The maximum atomic E-state index is 13.1. The normalized spacial score (nSPS) is 25.9. The number of nitrogens with zero attached hydrogens (tertiary/aromatic N) is 1. The van der Waals surface area contributed by atoms with Crippen molar-refractivity contribution in [2.24, 2.45) is 11.3 Å². The molecule has 6 heteroatoms. The van der Waals surface area contributed by atoms with Crippen LogP contribution in [0, 0.1) is 11.3 Å². The number of urea groups is 1. The van der Waals surface area contributed by atoms with Crippen LogP contribution in [0.25, 0.3) is 0 Å². The number of benzene rings is 1. The number of amides is 4. The summed E-state index contributed by atoms with van der Waals surface area (Å²) in [5.74, 6) is -0.301. The van der Waals surface area contributed by atoms with Crippen LogP contribution in [0.1, 0.15) is 65.4 Å². The van der Waals surface area contributed by atoms with Crippen molar-refractivity contribution in [1.29, 1.82) is 0 Å². The number of nitrogens with one attached hydrogen (secondary N) is 2. The van der Waals surface area contributed by atoms with E-state index >= 15 is 0 Å². The molecule has 2 aliphatic rings. The van der Waals surface area contributed by atoms with E-state index in [-0.39, 0.29) is 23.8 Å². The molecular weight excluding hydrogens is 366 g/mol. The number of hydrogen-bond donors (Lipinski definition) is 2. The Morgan fingerprint density at radius 3 is 2.52 bits per heavy atom. The fourth-order valence-electron chi connectivity index (χ4n) is 5.13. The summed E-state index contributed by atoms with van der Waals surface area (Å²) >= 11 is 0. The lowest BCUT2D eigenvalue weighted by atomic mass is 9.64. The third-order valence-electron chi connectivity index (χ3n) is 5.98. The van der Waals surface area contributed by atoms with Gasteiger partial charge in [-0.3, -0.25) is 14.5 Å². The van der Waals surface area contributed by atoms with E-state index < -0.39 is 11.6 Å². The first-order valence-electron chi connectivity index (χ1n) is 10.7. The molecule has 0 aromatic heterocycles. The molecule has 1 aliphatic carbocycles. The minimum Gasteiger partial charge on any atom is -0.325 e. The first-order valence-corrected chi connectivity index (χ1v) is 10.7. The Morgan fingerprint density at radius 1 is 1.21 bits per heavy atom. The van der Waals surface area contributed by atoms with Crippen molar-refractivity contribution in [3.05, 3.63) is 29.8 Å². The predicted octanol–water partition coefficient (Wildman–Crippen LogP) is 4.10. The molecule has 0 bridgehead atoms. The van der Waals surface area contributed by atoms with Gasteiger partial charge in [0.2, 0.25) is 5.91 Å². The lowest BCUT2D eigenvalue weighted by Gasteiger charge is -2.43. The summed E-state index contributed by atoms with van der Waals surface area (Å²) in [6, 6.07) is 7.26. The van der Waals surface area contributed by atoms with Gasteiger partial charge in [0.15, 0.2) is 0 Å². The van der Waals surface area contributed by atoms with Crippen LogP contribution in [0.2, 0.25) is 0 Å². The zero-order valence-electron chi connectivity index (χ0n) is 18.0. The number of rotatable bonds is 6. The summed E-state index contributed by atoms with van der Waals surface area (Å²) in [6.07, 6.45) is 5.54. The van der Waals surface area contributed by atoms with Gasteiger partial charge in [0.05, 0.1) is 0 Å². The number of carbonyl (C=O) groups is 3. The number of carbonyl (C=O) groups excluding carboxylic acids is 3. The summed E-state index contributed by atoms with van der Waals surface area (Å²) in [7, 11) is 0. The fraction of sp³-hybridized carbons (Fsp3) is 0.609. The van der Waals surface area contributed by atoms with Crippen molar-refractivity contribution in [3.8, 4) is 0 Å². The Hall–Kier alpha value is -2.37. The van der Waals surface area contributed by atoms with E-state index in [2.05, 4.69) is 38.3 Å². The van der Waals surface area contributed by atoms with E-state index in [0.29, 0.717) is 24.4 Å². The minimum absolute atomic E-state index is 0.0294. The van der Waals surface area contributed by atoms with Gasteiger partial charge in [-0.05, 0) is 61.1 Å². The largest absolute Gasteiger partial charge is 0.325 e. The molecule has 2 N–H and O–H groups in total. The molecule has 1 aromatic carbocycles. The molecule has 2 unspecified atom stereocenters. The van der Waals surface area contributed by atoms with Crippen molar-refractivity contribution in [3.63, 3.8) is 0 Å². The lowest BCUT2D eigenvalue weighted by Crippen LogP contribution is -2.54. The SMILES string of the molecule is CCCCc1ccc(NC(=O)CN2C(=O)NC3(CC(C)CC(C)(C)C3)C2=O)cc1. The van der Waals surface area contributed by atoms with Gasteiger partial charge in [-0.1, -0.05) is 46.2 Å². The van der Waals surface area contributed by atoms with Crippen LogP contribution < -0.4 is 10.6 Å². The number of unbranched alkanes of at least 4 members (excludes halogenated alkanes) is 1. The predicted molar refractivity (Wildman–Crippen MR) is 113 cm³/mol. The van der Waals surface area contributed by atoms with Crippen molar-refractivity contribution in [1.82, 2.24) is 10.2 Å². The number of aryl methyl sites for hydroxylation is 1. The topological polar surface area (TPSA) is 78.5 Å². The monoisotopic (exact) mass is 399 g/mol. The smallest absolute Gasteiger partial charge is 0.325 e. The Balaban J connectivity index is 1.63. The number of anilines is 1. The molecule has 1 aromatic rings. The van der Waals surface area contributed by atoms with Crippen LogP contribution in [-0.4, -0.2) is 34.8 Å². The zero-order chi connectivity index (χ0) is 21.2. The molecule has 1 saturated heterocycles. The highest BCUT2D eigenvalue weighted by molar-refractivity contribution is 6.10. The molecule has 1 heterocycles. The maximum absolute atomic E-state index is 13.1. The van der Waals surface area contributed by atoms with E-state index in [1.807, 2.05) is 24.3 Å². The average molecular weight is 400 g/mol. The summed E-state index contributed by atoms with van der Waals surface area (Å²) < 4.78 is 0. The third kappa shape index (κ3) is 4.80. The first kappa shape index (κ1) is 21.3. The second-order valence-corrected chi connectivity index (χ2v) is 9.61. The van der Waals surface area contributed by atoms with Gasteiger partial charge in [-0.25, -0.2) is 4.79 Å². The summed E-state index contributed by atoms with van der Waals surface area (Å²) in [6.45, 7) is 8.26. The second kappa shape index (κ2) is 8.17. The van der Waals surface area contributed by atoms with Crippen molar-refractivity contribution in [2.75, 3.05) is 11.9 Å². The standard InChI is InChI=1S/C23H33N3O3/c1-5-6-7-17-8-10-18(11-9-17)24-19(27)14-26-20(28)23(25-21(26)29)13-16(2)12-22(3,4)15-23/h8-11,16H,5-7,12-15H2,1-4H3,(H,24,27)(H,25,29). The summed E-state index contributed by atoms with van der Waals surface area (Å²) in [5.41, 5.74) is 0.997. The molecule has 1 spiro atoms. The number of imide groups is 1. The van der Waals surface area contributed by atoms with Gasteiger partial charge in [-0.2, -0.15) is 0 Å². The van der Waals surface area contributed by atoms with Gasteiger partial charge >= 0.3 is 6.03 Å². The summed E-state index contributed by atoms with van der Waals surface area (Å²) in [4.78, 5) is 39.2. The van der Waals surface area contributed by atoms with Crippen LogP contribution >= 0.6 is 0 Å². The number of hydrogen-bond acceptors (Lipinski definition) is 3. The molecule has 4 amide bonds. The zero-order valence-corrected chi connectivity index (χ0v) is 18.0. The van der Waals surface area contributed by atoms with E-state index in [9.17, 15) is 14.4 Å². The van der Waals surface area contributed by atoms with E-state index in [0.717, 1.165) is 30.6 Å². The average Bonchev–Trinajstić information content (AvgIpc) is 2.82. The lowest BCUT2D eigenvalue weighted by molar-refractivity contribution is -0.136. The molecule has 0 radical (unpaired) electrons. The quantitative estimate of drug-likeness (QED) is 0.707. The van der Waals surface area contributed by atoms with Crippen molar-refractivity contribution >= 4 is 23.5 Å². The van der Waals surface area contributed by atoms with E-state index in [1.54, 1.807) is 0 Å². The molecule has 29 heavy (non-hydrogen) atoms. The molecule has 1 saturated carbocycles. The Bertz CT molecular complexity index is 787. The second-order valence-electron chi connectivity index (χ2n) is 9.61. The Morgan fingerprint density at radius 2 is 1.90 bits per heavy atom. The fourth-order valence-corrected chi connectivity index (χ4v) is 5.13. The highest BCUT2D eigenvalue weighted by Gasteiger charge is 2.56. The molecule has 2 atom stereocenters. The van der Waals surface area contributed by atoms with Crippen molar-refractivity contribution in [2.45, 2.75) is 71.8 Å². The van der Waals surface area contributed by atoms with Gasteiger partial charge < -0.3 is 10.6 Å². The van der Waals surface area contributed by atoms with E-state index in [4.69, 9.17) is 0 Å². The van der Waals surface area contributed by atoms with Crippen LogP contribution in [0.4, 0.5) is 10.5 Å². The third-order valence-corrected chi connectivity index (χ3v) is 5.98. The van der Waals surface area contributed by atoms with Gasteiger partial charge in [0.1, 0.15) is 12.1 Å². The van der Waals surface area contributed by atoms with Gasteiger partial charge in [-0.15, -0.1) is 0 Å². The first-order chi connectivity index (χ1) is 13.6.